The van der Waals surface area contributed by atoms with Crippen molar-refractivity contribution in [2.24, 2.45) is 5.92 Å². The van der Waals surface area contributed by atoms with Gasteiger partial charge in [-0.05, 0) is 24.5 Å². The third-order valence-electron chi connectivity index (χ3n) is 3.45. The summed E-state index contributed by atoms with van der Waals surface area (Å²) in [5.74, 6) is 0.557. The molecule has 1 aliphatic carbocycles. The Labute approximate surface area is 111 Å². The summed E-state index contributed by atoms with van der Waals surface area (Å²) < 4.78 is 5.75. The molecule has 1 fully saturated rings. The first kappa shape index (κ1) is 12.0. The molecule has 0 saturated heterocycles. The number of aromatic carboxylic acids is 1. The zero-order valence-electron chi connectivity index (χ0n) is 10.5. The SMILES string of the molecule is O=C(O)c1ccc2cncc(OCCC3CC3)c2c1. The van der Waals surface area contributed by atoms with Crippen molar-refractivity contribution in [2.45, 2.75) is 19.3 Å². The molecular formula is C15H15NO3. The summed E-state index contributed by atoms with van der Waals surface area (Å²) in [6.07, 6.45) is 7.05. The molecule has 1 aromatic carbocycles. The van der Waals surface area contributed by atoms with Gasteiger partial charge in [0.05, 0.1) is 18.4 Å². The van der Waals surface area contributed by atoms with Crippen molar-refractivity contribution in [1.29, 1.82) is 0 Å². The molecule has 1 N–H and O–H groups in total. The number of hydrogen-bond acceptors (Lipinski definition) is 3. The second-order valence-electron chi connectivity index (χ2n) is 4.96. The van der Waals surface area contributed by atoms with Crippen molar-refractivity contribution in [1.82, 2.24) is 4.98 Å². The molecule has 4 heteroatoms. The number of carbonyl (C=O) groups is 1. The second-order valence-corrected chi connectivity index (χ2v) is 4.96. The van der Waals surface area contributed by atoms with E-state index < -0.39 is 5.97 Å². The van der Waals surface area contributed by atoms with Crippen LogP contribution < -0.4 is 4.74 Å². The van der Waals surface area contributed by atoms with E-state index in [4.69, 9.17) is 9.84 Å². The van der Waals surface area contributed by atoms with E-state index in [0.717, 1.165) is 23.1 Å². The minimum absolute atomic E-state index is 0.269. The summed E-state index contributed by atoms with van der Waals surface area (Å²) in [5.41, 5.74) is 0.269. The van der Waals surface area contributed by atoms with Crippen LogP contribution in [-0.2, 0) is 0 Å². The van der Waals surface area contributed by atoms with Gasteiger partial charge in [-0.25, -0.2) is 4.79 Å². The van der Waals surface area contributed by atoms with Gasteiger partial charge in [-0.3, -0.25) is 4.98 Å². The number of carboxylic acids is 1. The first-order valence-corrected chi connectivity index (χ1v) is 6.48. The van der Waals surface area contributed by atoms with E-state index in [9.17, 15) is 4.79 Å². The van der Waals surface area contributed by atoms with Gasteiger partial charge in [0, 0.05) is 17.0 Å². The van der Waals surface area contributed by atoms with E-state index in [2.05, 4.69) is 4.98 Å². The fraction of sp³-hybridized carbons (Fsp3) is 0.333. The van der Waals surface area contributed by atoms with Crippen LogP contribution in [-0.4, -0.2) is 22.7 Å². The molecule has 0 unspecified atom stereocenters. The highest BCUT2D eigenvalue weighted by Crippen LogP contribution is 2.33. The summed E-state index contributed by atoms with van der Waals surface area (Å²) in [5, 5.41) is 10.7. The van der Waals surface area contributed by atoms with Gasteiger partial charge in [0.15, 0.2) is 0 Å². The van der Waals surface area contributed by atoms with Gasteiger partial charge in [-0.15, -0.1) is 0 Å². The standard InChI is InChI=1S/C15H15NO3/c17-15(18)11-3-4-12-8-16-9-14(13(12)7-11)19-6-5-10-1-2-10/h3-4,7-10H,1-2,5-6H2,(H,17,18). The van der Waals surface area contributed by atoms with Gasteiger partial charge >= 0.3 is 5.97 Å². The van der Waals surface area contributed by atoms with Crippen LogP contribution in [0.5, 0.6) is 5.75 Å². The number of ether oxygens (including phenoxy) is 1. The fourth-order valence-corrected chi connectivity index (χ4v) is 2.13. The first-order chi connectivity index (χ1) is 9.24. The molecule has 0 amide bonds. The number of aromatic nitrogens is 1. The molecule has 0 aliphatic heterocycles. The fourth-order valence-electron chi connectivity index (χ4n) is 2.13. The highest BCUT2D eigenvalue weighted by molar-refractivity contribution is 5.96. The lowest BCUT2D eigenvalue weighted by molar-refractivity contribution is 0.0697. The van der Waals surface area contributed by atoms with Crippen molar-refractivity contribution >= 4 is 16.7 Å². The molecule has 1 aliphatic rings. The zero-order valence-corrected chi connectivity index (χ0v) is 10.5. The normalized spacial score (nSPS) is 14.5. The minimum atomic E-state index is -0.928. The van der Waals surface area contributed by atoms with Gasteiger partial charge < -0.3 is 9.84 Å². The van der Waals surface area contributed by atoms with Crippen LogP contribution in [0.4, 0.5) is 0 Å². The molecule has 0 radical (unpaired) electrons. The molecule has 0 spiro atoms. The van der Waals surface area contributed by atoms with E-state index >= 15 is 0 Å². The van der Waals surface area contributed by atoms with E-state index in [-0.39, 0.29) is 5.56 Å². The number of fused-ring (bicyclic) bond motifs is 1. The lowest BCUT2D eigenvalue weighted by Crippen LogP contribution is -2.00. The van der Waals surface area contributed by atoms with Crippen LogP contribution in [0.3, 0.4) is 0 Å². The summed E-state index contributed by atoms with van der Waals surface area (Å²) in [7, 11) is 0. The van der Waals surface area contributed by atoms with E-state index in [1.807, 2.05) is 0 Å². The minimum Gasteiger partial charge on any atom is -0.491 e. The van der Waals surface area contributed by atoms with Crippen molar-refractivity contribution in [3.05, 3.63) is 36.2 Å². The number of carboxylic acid groups (broad SMARTS) is 1. The molecule has 1 heterocycles. The van der Waals surface area contributed by atoms with Crippen molar-refractivity contribution < 1.29 is 14.6 Å². The van der Waals surface area contributed by atoms with Crippen molar-refractivity contribution in [3.63, 3.8) is 0 Å². The van der Waals surface area contributed by atoms with Crippen LogP contribution in [0.15, 0.2) is 30.6 Å². The van der Waals surface area contributed by atoms with Gasteiger partial charge in [-0.2, -0.15) is 0 Å². The number of nitrogens with zero attached hydrogens (tertiary/aromatic N) is 1. The Morgan fingerprint density at radius 1 is 1.37 bits per heavy atom. The molecule has 0 bridgehead atoms. The van der Waals surface area contributed by atoms with Gasteiger partial charge in [-0.1, -0.05) is 18.9 Å². The first-order valence-electron chi connectivity index (χ1n) is 6.48. The maximum absolute atomic E-state index is 11.0. The second kappa shape index (κ2) is 4.88. The van der Waals surface area contributed by atoms with Crippen molar-refractivity contribution in [2.75, 3.05) is 6.61 Å². The molecule has 98 valence electrons. The molecule has 0 atom stereocenters. The number of pyridine rings is 1. The molecule has 4 nitrogen and oxygen atoms in total. The predicted molar refractivity (Wildman–Crippen MR) is 71.5 cm³/mol. The molecule has 1 saturated carbocycles. The predicted octanol–water partition coefficient (Wildman–Crippen LogP) is 3.11. The highest BCUT2D eigenvalue weighted by Gasteiger charge is 2.20. The van der Waals surface area contributed by atoms with Crippen LogP contribution in [0.1, 0.15) is 29.6 Å². The largest absolute Gasteiger partial charge is 0.491 e. The molecular weight excluding hydrogens is 242 g/mol. The van der Waals surface area contributed by atoms with Gasteiger partial charge in [0.25, 0.3) is 0 Å². The summed E-state index contributed by atoms with van der Waals surface area (Å²) >= 11 is 0. The maximum atomic E-state index is 11.0. The van der Waals surface area contributed by atoms with Crippen LogP contribution in [0, 0.1) is 5.92 Å². The van der Waals surface area contributed by atoms with Gasteiger partial charge in [0.2, 0.25) is 0 Å². The van der Waals surface area contributed by atoms with E-state index in [1.54, 1.807) is 30.6 Å². The highest BCUT2D eigenvalue weighted by atomic mass is 16.5. The van der Waals surface area contributed by atoms with Gasteiger partial charge in [0.1, 0.15) is 5.75 Å². The summed E-state index contributed by atoms with van der Waals surface area (Å²) in [6.45, 7) is 0.669. The Hall–Kier alpha value is -2.10. The summed E-state index contributed by atoms with van der Waals surface area (Å²) in [4.78, 5) is 15.1. The maximum Gasteiger partial charge on any atom is 0.335 e. The average Bonchev–Trinajstić information content (AvgIpc) is 3.22. The average molecular weight is 257 g/mol. The quantitative estimate of drug-likeness (QED) is 0.894. The monoisotopic (exact) mass is 257 g/mol. The molecule has 19 heavy (non-hydrogen) atoms. The van der Waals surface area contributed by atoms with Crippen LogP contribution >= 0.6 is 0 Å². The Morgan fingerprint density at radius 2 is 2.21 bits per heavy atom. The summed E-state index contributed by atoms with van der Waals surface area (Å²) in [6, 6.07) is 4.99. The molecule has 1 aromatic heterocycles. The lowest BCUT2D eigenvalue weighted by Gasteiger charge is -2.09. The number of rotatable bonds is 5. The Balaban J connectivity index is 1.87. The van der Waals surface area contributed by atoms with E-state index in [1.165, 1.54) is 12.8 Å². The Kier molecular flexibility index (Phi) is 3.07. The number of benzene rings is 1. The smallest absolute Gasteiger partial charge is 0.335 e. The third-order valence-corrected chi connectivity index (χ3v) is 3.45. The van der Waals surface area contributed by atoms with Crippen LogP contribution in [0.25, 0.3) is 10.8 Å². The molecule has 2 aromatic rings. The topological polar surface area (TPSA) is 59.4 Å². The Bertz CT molecular complexity index is 620. The Morgan fingerprint density at radius 3 is 2.95 bits per heavy atom. The lowest BCUT2D eigenvalue weighted by atomic mass is 10.1. The number of hydrogen-bond donors (Lipinski definition) is 1. The van der Waals surface area contributed by atoms with Crippen LogP contribution in [0.2, 0.25) is 0 Å². The van der Waals surface area contributed by atoms with E-state index in [0.29, 0.717) is 12.4 Å². The zero-order chi connectivity index (χ0) is 13.2. The molecule has 3 rings (SSSR count). The van der Waals surface area contributed by atoms with Crippen molar-refractivity contribution in [3.8, 4) is 5.75 Å². The third kappa shape index (κ3) is 2.67.